The fourth-order valence-corrected chi connectivity index (χ4v) is 3.33. The molecule has 0 aliphatic carbocycles. The van der Waals surface area contributed by atoms with Crippen LogP contribution in [-0.4, -0.2) is 42.7 Å². The normalized spacial score (nSPS) is 13.1. The minimum absolute atomic E-state index is 0.0481. The number of carboxylic acids is 1. The van der Waals surface area contributed by atoms with Crippen molar-refractivity contribution in [2.45, 2.75) is 25.7 Å². The molecule has 21 heavy (non-hydrogen) atoms. The van der Waals surface area contributed by atoms with E-state index in [0.717, 1.165) is 4.31 Å². The molecule has 1 N–H and O–H groups in total. The van der Waals surface area contributed by atoms with Crippen LogP contribution in [0.3, 0.4) is 0 Å². The average Bonchev–Trinajstić information content (AvgIpc) is 2.44. The summed E-state index contributed by atoms with van der Waals surface area (Å²) in [4.78, 5) is 22.1. The van der Waals surface area contributed by atoms with Gasteiger partial charge in [0.1, 0.15) is 0 Å². The summed E-state index contributed by atoms with van der Waals surface area (Å²) in [7, 11) is -3.76. The lowest BCUT2D eigenvalue weighted by Gasteiger charge is -2.22. The lowest BCUT2D eigenvalue weighted by atomic mass is 10.2. The van der Waals surface area contributed by atoms with Gasteiger partial charge in [0, 0.05) is 18.7 Å². The monoisotopic (exact) mass is 313 g/mol. The molecule has 0 amide bonds. The van der Waals surface area contributed by atoms with Crippen LogP contribution < -0.4 is 0 Å². The minimum atomic E-state index is -3.76. The van der Waals surface area contributed by atoms with Crippen molar-refractivity contribution in [1.29, 1.82) is 0 Å². The number of sulfonamides is 1. The van der Waals surface area contributed by atoms with Gasteiger partial charge in [-0.05, 0) is 19.1 Å². The maximum Gasteiger partial charge on any atom is 0.307 e. The molecule has 0 bridgehead atoms. The van der Waals surface area contributed by atoms with Crippen LogP contribution in [0, 0.1) is 5.92 Å². The fraction of sp³-hybridized carbons (Fsp3) is 0.429. The van der Waals surface area contributed by atoms with Crippen molar-refractivity contribution in [2.24, 2.45) is 5.92 Å². The van der Waals surface area contributed by atoms with Gasteiger partial charge >= 0.3 is 5.97 Å². The highest BCUT2D eigenvalue weighted by Crippen LogP contribution is 2.18. The summed E-state index contributed by atoms with van der Waals surface area (Å²) in [5.41, 5.74) is 0.427. The number of hydrogen-bond acceptors (Lipinski definition) is 4. The first-order valence-corrected chi connectivity index (χ1v) is 7.98. The highest BCUT2D eigenvalue weighted by molar-refractivity contribution is 7.89. The lowest BCUT2D eigenvalue weighted by Crippen LogP contribution is -2.36. The van der Waals surface area contributed by atoms with E-state index >= 15 is 0 Å². The first-order valence-electron chi connectivity index (χ1n) is 6.54. The second kappa shape index (κ2) is 6.82. The van der Waals surface area contributed by atoms with Gasteiger partial charge in [-0.1, -0.05) is 26.0 Å². The number of Topliss-reactive ketones (excluding diaryl/α,β-unsaturated/α-hetero) is 1. The van der Waals surface area contributed by atoms with E-state index in [-0.39, 0.29) is 23.8 Å². The Morgan fingerprint density at radius 3 is 2.14 bits per heavy atom. The number of carbonyl (C=O) groups excluding carboxylic acids is 1. The summed E-state index contributed by atoms with van der Waals surface area (Å²) in [5, 5.41) is 8.90. The van der Waals surface area contributed by atoms with Gasteiger partial charge in [0.25, 0.3) is 0 Å². The van der Waals surface area contributed by atoms with E-state index in [2.05, 4.69) is 0 Å². The van der Waals surface area contributed by atoms with E-state index in [9.17, 15) is 18.0 Å². The summed E-state index contributed by atoms with van der Waals surface area (Å²) in [5.74, 6) is -1.99. The third kappa shape index (κ3) is 4.12. The van der Waals surface area contributed by atoms with Gasteiger partial charge in [0.05, 0.1) is 10.8 Å². The molecule has 0 spiro atoms. The Bertz CT molecular complexity index is 621. The highest BCUT2D eigenvalue weighted by atomic mass is 32.2. The molecule has 116 valence electrons. The molecule has 0 saturated heterocycles. The number of carbonyl (C=O) groups is 2. The van der Waals surface area contributed by atoms with Gasteiger partial charge in [-0.25, -0.2) is 8.42 Å². The van der Waals surface area contributed by atoms with E-state index in [1.807, 2.05) is 0 Å². The number of carboxylic acid groups (broad SMARTS) is 1. The SMILES string of the molecule is CCN(CC(C)C(=O)O)S(=O)(=O)c1ccc(C(C)=O)cc1. The molecule has 1 atom stereocenters. The van der Waals surface area contributed by atoms with Crippen LogP contribution in [-0.2, 0) is 14.8 Å². The van der Waals surface area contributed by atoms with Crippen molar-refractivity contribution in [3.05, 3.63) is 29.8 Å². The van der Waals surface area contributed by atoms with Crippen molar-refractivity contribution in [3.63, 3.8) is 0 Å². The van der Waals surface area contributed by atoms with Crippen molar-refractivity contribution < 1.29 is 23.1 Å². The number of nitrogens with zero attached hydrogens (tertiary/aromatic N) is 1. The molecule has 0 aromatic heterocycles. The van der Waals surface area contributed by atoms with Crippen LogP contribution in [0.5, 0.6) is 0 Å². The minimum Gasteiger partial charge on any atom is -0.481 e. The molecule has 1 rings (SSSR count). The van der Waals surface area contributed by atoms with Crippen LogP contribution in [0.4, 0.5) is 0 Å². The predicted octanol–water partition coefficient (Wildman–Crippen LogP) is 1.62. The Hall–Kier alpha value is -1.73. The zero-order valence-electron chi connectivity index (χ0n) is 12.2. The van der Waals surface area contributed by atoms with Gasteiger partial charge in [-0.15, -0.1) is 0 Å². The molecule has 0 aliphatic rings. The summed E-state index contributed by atoms with van der Waals surface area (Å²) < 4.78 is 26.0. The Balaban J connectivity index is 3.06. The van der Waals surface area contributed by atoms with Crippen molar-refractivity contribution in [3.8, 4) is 0 Å². The van der Waals surface area contributed by atoms with E-state index in [4.69, 9.17) is 5.11 Å². The molecular weight excluding hydrogens is 294 g/mol. The fourth-order valence-electron chi connectivity index (χ4n) is 1.79. The molecule has 1 unspecified atom stereocenters. The van der Waals surface area contributed by atoms with Crippen LogP contribution in [0.1, 0.15) is 31.1 Å². The smallest absolute Gasteiger partial charge is 0.307 e. The molecule has 7 heteroatoms. The maximum absolute atomic E-state index is 12.5. The molecule has 0 heterocycles. The zero-order chi connectivity index (χ0) is 16.2. The topological polar surface area (TPSA) is 91.8 Å². The van der Waals surface area contributed by atoms with Gasteiger partial charge in [-0.3, -0.25) is 9.59 Å². The third-order valence-electron chi connectivity index (χ3n) is 3.15. The number of aliphatic carboxylic acids is 1. The Morgan fingerprint density at radius 1 is 1.24 bits per heavy atom. The quantitative estimate of drug-likeness (QED) is 0.772. The van der Waals surface area contributed by atoms with E-state index < -0.39 is 21.9 Å². The maximum atomic E-state index is 12.5. The molecule has 6 nitrogen and oxygen atoms in total. The molecule has 0 radical (unpaired) electrons. The zero-order valence-corrected chi connectivity index (χ0v) is 13.1. The van der Waals surface area contributed by atoms with Gasteiger partial charge < -0.3 is 5.11 Å². The third-order valence-corrected chi connectivity index (χ3v) is 5.11. The molecule has 1 aromatic carbocycles. The Labute approximate surface area is 124 Å². The van der Waals surface area contributed by atoms with E-state index in [0.29, 0.717) is 5.56 Å². The number of ketones is 1. The van der Waals surface area contributed by atoms with Crippen LogP contribution >= 0.6 is 0 Å². The summed E-state index contributed by atoms with van der Waals surface area (Å²) >= 11 is 0. The molecule has 0 saturated carbocycles. The Kier molecular flexibility index (Phi) is 5.62. The molecule has 0 aliphatic heterocycles. The number of benzene rings is 1. The first kappa shape index (κ1) is 17.3. The number of hydrogen-bond donors (Lipinski definition) is 1. The number of rotatable bonds is 7. The van der Waals surface area contributed by atoms with Crippen molar-refractivity contribution in [1.82, 2.24) is 4.31 Å². The van der Waals surface area contributed by atoms with Crippen molar-refractivity contribution >= 4 is 21.8 Å². The van der Waals surface area contributed by atoms with E-state index in [1.165, 1.54) is 38.1 Å². The standard InChI is InChI=1S/C14H19NO5S/c1-4-15(9-10(2)14(17)18)21(19,20)13-7-5-12(6-8-13)11(3)16/h5-8,10H,4,9H2,1-3H3,(H,17,18). The van der Waals surface area contributed by atoms with Crippen LogP contribution in [0.25, 0.3) is 0 Å². The van der Waals surface area contributed by atoms with Crippen molar-refractivity contribution in [2.75, 3.05) is 13.1 Å². The second-order valence-electron chi connectivity index (χ2n) is 4.78. The van der Waals surface area contributed by atoms with E-state index in [1.54, 1.807) is 6.92 Å². The largest absolute Gasteiger partial charge is 0.481 e. The molecular formula is C14H19NO5S. The van der Waals surface area contributed by atoms with Crippen LogP contribution in [0.2, 0.25) is 0 Å². The predicted molar refractivity (Wildman–Crippen MR) is 77.7 cm³/mol. The second-order valence-corrected chi connectivity index (χ2v) is 6.71. The molecule has 0 fully saturated rings. The Morgan fingerprint density at radius 2 is 1.76 bits per heavy atom. The van der Waals surface area contributed by atoms with Gasteiger partial charge in [-0.2, -0.15) is 4.31 Å². The molecule has 1 aromatic rings. The lowest BCUT2D eigenvalue weighted by molar-refractivity contribution is -0.141. The average molecular weight is 313 g/mol. The van der Waals surface area contributed by atoms with Gasteiger partial charge in [0.2, 0.25) is 10.0 Å². The van der Waals surface area contributed by atoms with Gasteiger partial charge in [0.15, 0.2) is 5.78 Å². The first-order chi connectivity index (χ1) is 9.70. The summed E-state index contributed by atoms with van der Waals surface area (Å²) in [6, 6.07) is 5.62. The summed E-state index contributed by atoms with van der Waals surface area (Å²) in [6.07, 6.45) is 0. The highest BCUT2D eigenvalue weighted by Gasteiger charge is 2.26. The van der Waals surface area contributed by atoms with Crippen LogP contribution in [0.15, 0.2) is 29.2 Å². The summed E-state index contributed by atoms with van der Waals surface area (Å²) in [6.45, 7) is 4.59.